The first-order chi connectivity index (χ1) is 13.3. The standard InChI is InChI=1S/C19H20N4O4S/c20-18(24)19(25,14-5-2-1-3-6-14)15-7-4-8-17(11-15)28(26,27)23-10-9-16-12-21-13-22-16/h1-8,11-13,23,25H,9-10H2,(H2,20,24)(H,21,22). The number of nitrogens with one attached hydrogen (secondary N) is 2. The molecule has 3 rings (SSSR count). The number of carbonyl (C=O) groups is 1. The summed E-state index contributed by atoms with van der Waals surface area (Å²) < 4.78 is 27.7. The molecule has 28 heavy (non-hydrogen) atoms. The fraction of sp³-hybridized carbons (Fsp3) is 0.158. The van der Waals surface area contributed by atoms with Crippen molar-refractivity contribution in [3.8, 4) is 0 Å². The van der Waals surface area contributed by atoms with Crippen LogP contribution in [0.5, 0.6) is 0 Å². The maximum absolute atomic E-state index is 12.6. The van der Waals surface area contributed by atoms with Crippen molar-refractivity contribution < 1.29 is 18.3 Å². The second-order valence-electron chi connectivity index (χ2n) is 6.19. The lowest BCUT2D eigenvalue weighted by molar-refractivity contribution is -0.133. The average Bonchev–Trinajstić information content (AvgIpc) is 3.21. The van der Waals surface area contributed by atoms with E-state index in [0.29, 0.717) is 6.42 Å². The topological polar surface area (TPSA) is 138 Å². The summed E-state index contributed by atoms with van der Waals surface area (Å²) in [5, 5.41) is 11.0. The Morgan fingerprint density at radius 2 is 1.86 bits per heavy atom. The summed E-state index contributed by atoms with van der Waals surface area (Å²) in [5.74, 6) is -1.000. The second-order valence-corrected chi connectivity index (χ2v) is 7.96. The zero-order valence-corrected chi connectivity index (χ0v) is 15.7. The number of aromatic amines is 1. The van der Waals surface area contributed by atoms with Gasteiger partial charge in [-0.25, -0.2) is 18.1 Å². The summed E-state index contributed by atoms with van der Waals surface area (Å²) in [7, 11) is -3.85. The third kappa shape index (κ3) is 3.96. The number of carbonyl (C=O) groups excluding carboxylic acids is 1. The minimum Gasteiger partial charge on any atom is -0.372 e. The Morgan fingerprint density at radius 1 is 1.14 bits per heavy atom. The van der Waals surface area contributed by atoms with Crippen molar-refractivity contribution in [3.05, 3.63) is 83.9 Å². The minimum atomic E-state index is -3.85. The molecular formula is C19H20N4O4S. The van der Waals surface area contributed by atoms with Crippen molar-refractivity contribution in [1.29, 1.82) is 0 Å². The van der Waals surface area contributed by atoms with Gasteiger partial charge < -0.3 is 15.8 Å². The Morgan fingerprint density at radius 3 is 2.50 bits per heavy atom. The molecular weight excluding hydrogens is 380 g/mol. The Kier molecular flexibility index (Phi) is 5.59. The molecule has 1 amide bonds. The number of nitrogens with two attached hydrogens (primary N) is 1. The van der Waals surface area contributed by atoms with Crippen LogP contribution < -0.4 is 10.5 Å². The fourth-order valence-electron chi connectivity index (χ4n) is 2.84. The third-order valence-electron chi connectivity index (χ3n) is 4.35. The number of benzene rings is 2. The van der Waals surface area contributed by atoms with Crippen molar-refractivity contribution in [3.63, 3.8) is 0 Å². The van der Waals surface area contributed by atoms with Gasteiger partial charge in [-0.3, -0.25) is 4.79 Å². The molecule has 8 nitrogen and oxygen atoms in total. The number of hydrogen-bond donors (Lipinski definition) is 4. The quantitative estimate of drug-likeness (QED) is 0.440. The van der Waals surface area contributed by atoms with Gasteiger partial charge in [-0.2, -0.15) is 0 Å². The van der Waals surface area contributed by atoms with Gasteiger partial charge in [0.15, 0.2) is 5.60 Å². The van der Waals surface area contributed by atoms with Crippen molar-refractivity contribution in [2.24, 2.45) is 5.73 Å². The van der Waals surface area contributed by atoms with Gasteiger partial charge in [0.2, 0.25) is 10.0 Å². The number of H-pyrrole nitrogens is 1. The summed E-state index contributed by atoms with van der Waals surface area (Å²) >= 11 is 0. The van der Waals surface area contributed by atoms with E-state index in [1.54, 1.807) is 36.5 Å². The minimum absolute atomic E-state index is 0.0719. The van der Waals surface area contributed by atoms with Crippen LogP contribution in [-0.2, 0) is 26.8 Å². The Balaban J connectivity index is 1.89. The van der Waals surface area contributed by atoms with E-state index in [1.165, 1.54) is 30.6 Å². The molecule has 0 aliphatic heterocycles. The lowest BCUT2D eigenvalue weighted by Crippen LogP contribution is -2.42. The molecule has 0 fully saturated rings. The van der Waals surface area contributed by atoms with E-state index in [2.05, 4.69) is 14.7 Å². The predicted molar refractivity (Wildman–Crippen MR) is 103 cm³/mol. The summed E-state index contributed by atoms with van der Waals surface area (Å²) in [5.41, 5.74) is 4.44. The van der Waals surface area contributed by atoms with E-state index in [0.717, 1.165) is 5.69 Å². The van der Waals surface area contributed by atoms with E-state index >= 15 is 0 Å². The zero-order chi connectivity index (χ0) is 20.2. The first-order valence-electron chi connectivity index (χ1n) is 8.49. The van der Waals surface area contributed by atoms with E-state index in [-0.39, 0.29) is 22.6 Å². The molecule has 3 aromatic rings. The van der Waals surface area contributed by atoms with Crippen LogP contribution in [0, 0.1) is 0 Å². The van der Waals surface area contributed by atoms with Crippen LogP contribution in [0.2, 0.25) is 0 Å². The van der Waals surface area contributed by atoms with Crippen LogP contribution in [0.4, 0.5) is 0 Å². The number of aliphatic hydroxyl groups is 1. The molecule has 0 bridgehead atoms. The Hall–Kier alpha value is -3.01. The summed E-state index contributed by atoms with van der Waals surface area (Å²) in [6, 6.07) is 13.7. The number of amides is 1. The van der Waals surface area contributed by atoms with Gasteiger partial charge >= 0.3 is 0 Å². The normalized spacial score (nSPS) is 13.8. The molecule has 1 unspecified atom stereocenters. The maximum atomic E-state index is 12.6. The van der Waals surface area contributed by atoms with E-state index in [9.17, 15) is 18.3 Å². The van der Waals surface area contributed by atoms with E-state index < -0.39 is 21.5 Å². The van der Waals surface area contributed by atoms with Gasteiger partial charge in [0.25, 0.3) is 5.91 Å². The van der Waals surface area contributed by atoms with E-state index in [4.69, 9.17) is 5.73 Å². The molecule has 1 heterocycles. The number of imidazole rings is 1. The molecule has 146 valence electrons. The Labute approximate surface area is 162 Å². The molecule has 1 atom stereocenters. The number of aromatic nitrogens is 2. The van der Waals surface area contributed by atoms with Gasteiger partial charge in [0, 0.05) is 24.9 Å². The predicted octanol–water partition coefficient (Wildman–Crippen LogP) is 0.652. The fourth-order valence-corrected chi connectivity index (χ4v) is 3.92. The zero-order valence-electron chi connectivity index (χ0n) is 14.9. The number of primary amides is 1. The highest BCUT2D eigenvalue weighted by atomic mass is 32.2. The highest BCUT2D eigenvalue weighted by Crippen LogP contribution is 2.30. The van der Waals surface area contributed by atoms with Gasteiger partial charge in [-0.15, -0.1) is 0 Å². The van der Waals surface area contributed by atoms with Gasteiger partial charge in [-0.05, 0) is 23.3 Å². The first kappa shape index (κ1) is 19.7. The molecule has 0 radical (unpaired) electrons. The lowest BCUT2D eigenvalue weighted by Gasteiger charge is -2.26. The van der Waals surface area contributed by atoms with Gasteiger partial charge in [0.05, 0.1) is 11.2 Å². The monoisotopic (exact) mass is 400 g/mol. The number of hydrogen-bond acceptors (Lipinski definition) is 5. The van der Waals surface area contributed by atoms with Crippen molar-refractivity contribution in [2.45, 2.75) is 16.9 Å². The highest BCUT2D eigenvalue weighted by molar-refractivity contribution is 7.89. The van der Waals surface area contributed by atoms with Crippen LogP contribution in [-0.4, -0.2) is 35.9 Å². The van der Waals surface area contributed by atoms with Crippen molar-refractivity contribution in [2.75, 3.05) is 6.54 Å². The first-order valence-corrected chi connectivity index (χ1v) is 9.97. The van der Waals surface area contributed by atoms with Crippen LogP contribution in [0.1, 0.15) is 16.8 Å². The van der Waals surface area contributed by atoms with Crippen LogP contribution in [0.3, 0.4) is 0 Å². The highest BCUT2D eigenvalue weighted by Gasteiger charge is 2.38. The molecule has 0 aliphatic rings. The molecule has 0 spiro atoms. The number of rotatable bonds is 8. The largest absolute Gasteiger partial charge is 0.372 e. The lowest BCUT2D eigenvalue weighted by atomic mass is 9.86. The second kappa shape index (κ2) is 7.93. The van der Waals surface area contributed by atoms with Crippen molar-refractivity contribution >= 4 is 15.9 Å². The molecule has 1 aromatic heterocycles. The van der Waals surface area contributed by atoms with Crippen molar-refractivity contribution in [1.82, 2.24) is 14.7 Å². The number of nitrogens with zero attached hydrogens (tertiary/aromatic N) is 1. The van der Waals surface area contributed by atoms with Gasteiger partial charge in [0.1, 0.15) is 0 Å². The number of sulfonamides is 1. The average molecular weight is 400 g/mol. The smallest absolute Gasteiger partial charge is 0.258 e. The summed E-state index contributed by atoms with van der Waals surface area (Å²) in [6.07, 6.45) is 3.57. The molecule has 0 saturated carbocycles. The van der Waals surface area contributed by atoms with Crippen LogP contribution >= 0.6 is 0 Å². The molecule has 2 aromatic carbocycles. The van der Waals surface area contributed by atoms with Gasteiger partial charge in [-0.1, -0.05) is 42.5 Å². The molecule has 0 aliphatic carbocycles. The maximum Gasteiger partial charge on any atom is 0.258 e. The molecule has 0 saturated heterocycles. The molecule has 5 N–H and O–H groups in total. The van der Waals surface area contributed by atoms with E-state index in [1.807, 2.05) is 0 Å². The summed E-state index contributed by atoms with van der Waals surface area (Å²) in [4.78, 5) is 18.8. The van der Waals surface area contributed by atoms with Crippen LogP contribution in [0.25, 0.3) is 0 Å². The SMILES string of the molecule is NC(=O)C(O)(c1ccccc1)c1cccc(S(=O)(=O)NCCc2cnc[nH]2)c1. The third-order valence-corrected chi connectivity index (χ3v) is 5.81. The van der Waals surface area contributed by atoms with Crippen LogP contribution in [0.15, 0.2) is 72.0 Å². The Bertz CT molecular complexity index is 1050. The molecule has 9 heteroatoms. The summed E-state index contributed by atoms with van der Waals surface area (Å²) in [6.45, 7) is 0.160.